The lowest BCUT2D eigenvalue weighted by molar-refractivity contribution is -0.146. The van der Waals surface area contributed by atoms with Crippen LogP contribution in [0.5, 0.6) is 0 Å². The highest BCUT2D eigenvalue weighted by molar-refractivity contribution is 5.83. The smallest absolute Gasteiger partial charge is 0.330 e. The predicted molar refractivity (Wildman–Crippen MR) is 55.3 cm³/mol. The van der Waals surface area contributed by atoms with Crippen LogP contribution in [0.4, 0.5) is 0 Å². The lowest BCUT2D eigenvalue weighted by Crippen LogP contribution is -2.43. The van der Waals surface area contributed by atoms with Crippen LogP contribution >= 0.6 is 0 Å². The van der Waals surface area contributed by atoms with Gasteiger partial charge in [-0.2, -0.15) is 0 Å². The summed E-state index contributed by atoms with van der Waals surface area (Å²) in [6, 6.07) is -0.704. The van der Waals surface area contributed by atoms with Crippen LogP contribution in [0.3, 0.4) is 0 Å². The van der Waals surface area contributed by atoms with Gasteiger partial charge in [0, 0.05) is 13.5 Å². The molecule has 0 heterocycles. The van der Waals surface area contributed by atoms with Gasteiger partial charge in [-0.05, 0) is 6.42 Å². The Bertz CT molecular complexity index is 206. The Balaban J connectivity index is 3.90. The molecule has 0 saturated heterocycles. The number of methoxy groups -OCH3 is 1. The van der Waals surface area contributed by atoms with E-state index in [1.54, 1.807) is 0 Å². The van der Waals surface area contributed by atoms with E-state index in [1.165, 1.54) is 14.0 Å². The molecule has 5 nitrogen and oxygen atoms in total. The van der Waals surface area contributed by atoms with Gasteiger partial charge < -0.3 is 14.8 Å². The van der Waals surface area contributed by atoms with Gasteiger partial charge >= 0.3 is 5.97 Å². The number of rotatable bonds is 7. The first-order valence-corrected chi connectivity index (χ1v) is 5.04. The molecule has 0 radical (unpaired) electrons. The van der Waals surface area contributed by atoms with Crippen LogP contribution in [0.2, 0.25) is 0 Å². The van der Waals surface area contributed by atoms with Gasteiger partial charge in [-0.3, -0.25) is 4.79 Å². The van der Waals surface area contributed by atoms with Crippen LogP contribution in [0.1, 0.15) is 26.7 Å². The molecule has 0 aromatic rings. The molecule has 0 aliphatic carbocycles. The molecule has 0 aliphatic rings. The first-order valence-electron chi connectivity index (χ1n) is 5.04. The standard InChI is InChI=1S/C10H19NO4/c1-4-5-6-15-7-9(10(13)14-3)11-8(2)12/h9H,4-7H2,1-3H3,(H,11,12). The Kier molecular flexibility index (Phi) is 7.62. The van der Waals surface area contributed by atoms with Gasteiger partial charge in [0.1, 0.15) is 0 Å². The summed E-state index contributed by atoms with van der Waals surface area (Å²) in [5, 5.41) is 2.47. The minimum Gasteiger partial charge on any atom is -0.467 e. The van der Waals surface area contributed by atoms with Crippen LogP contribution in [0.15, 0.2) is 0 Å². The van der Waals surface area contributed by atoms with Crippen molar-refractivity contribution in [2.24, 2.45) is 0 Å². The Hall–Kier alpha value is -1.10. The summed E-state index contributed by atoms with van der Waals surface area (Å²) in [4.78, 5) is 22.0. The highest BCUT2D eigenvalue weighted by atomic mass is 16.5. The quantitative estimate of drug-likeness (QED) is 0.497. The van der Waals surface area contributed by atoms with Crippen molar-refractivity contribution < 1.29 is 19.1 Å². The largest absolute Gasteiger partial charge is 0.467 e. The van der Waals surface area contributed by atoms with Crippen molar-refractivity contribution >= 4 is 11.9 Å². The van der Waals surface area contributed by atoms with E-state index in [-0.39, 0.29) is 12.5 Å². The van der Waals surface area contributed by atoms with Crippen molar-refractivity contribution in [3.63, 3.8) is 0 Å². The van der Waals surface area contributed by atoms with E-state index in [0.717, 1.165) is 12.8 Å². The fraction of sp³-hybridized carbons (Fsp3) is 0.800. The normalized spacial score (nSPS) is 11.9. The lowest BCUT2D eigenvalue weighted by atomic mass is 10.3. The van der Waals surface area contributed by atoms with E-state index >= 15 is 0 Å². The molecule has 1 unspecified atom stereocenters. The number of carbonyl (C=O) groups excluding carboxylic acids is 2. The van der Waals surface area contributed by atoms with E-state index in [1.807, 2.05) is 0 Å². The van der Waals surface area contributed by atoms with E-state index in [0.29, 0.717) is 6.61 Å². The average Bonchev–Trinajstić information content (AvgIpc) is 2.21. The third-order valence-electron chi connectivity index (χ3n) is 1.79. The van der Waals surface area contributed by atoms with Crippen molar-refractivity contribution in [1.82, 2.24) is 5.32 Å². The number of hydrogen-bond acceptors (Lipinski definition) is 4. The SMILES string of the molecule is CCCCOCC(NC(C)=O)C(=O)OC. The molecule has 0 bridgehead atoms. The van der Waals surface area contributed by atoms with Gasteiger partial charge in [-0.1, -0.05) is 13.3 Å². The summed E-state index contributed by atoms with van der Waals surface area (Å²) in [5.41, 5.74) is 0. The highest BCUT2D eigenvalue weighted by Crippen LogP contribution is 1.93. The Morgan fingerprint density at radius 1 is 1.40 bits per heavy atom. The zero-order chi connectivity index (χ0) is 11.7. The topological polar surface area (TPSA) is 64.6 Å². The van der Waals surface area contributed by atoms with Crippen LogP contribution < -0.4 is 5.32 Å². The Labute approximate surface area is 90.1 Å². The molecule has 1 atom stereocenters. The van der Waals surface area contributed by atoms with E-state index in [9.17, 15) is 9.59 Å². The molecule has 15 heavy (non-hydrogen) atoms. The van der Waals surface area contributed by atoms with Crippen molar-refractivity contribution in [2.75, 3.05) is 20.3 Å². The molecule has 0 fully saturated rings. The molecule has 0 spiro atoms. The third-order valence-corrected chi connectivity index (χ3v) is 1.79. The number of carbonyl (C=O) groups is 2. The van der Waals surface area contributed by atoms with Crippen LogP contribution in [-0.4, -0.2) is 38.2 Å². The van der Waals surface area contributed by atoms with Crippen molar-refractivity contribution in [3.05, 3.63) is 0 Å². The fourth-order valence-corrected chi connectivity index (χ4v) is 1.00. The Morgan fingerprint density at radius 3 is 2.53 bits per heavy atom. The highest BCUT2D eigenvalue weighted by Gasteiger charge is 2.19. The maximum atomic E-state index is 11.2. The van der Waals surface area contributed by atoms with Gasteiger partial charge in [0.05, 0.1) is 13.7 Å². The van der Waals surface area contributed by atoms with Gasteiger partial charge in [-0.15, -0.1) is 0 Å². The predicted octanol–water partition coefficient (Wildman–Crippen LogP) is 0.481. The van der Waals surface area contributed by atoms with Crippen LogP contribution in [0, 0.1) is 0 Å². The van der Waals surface area contributed by atoms with Gasteiger partial charge in [0.25, 0.3) is 0 Å². The summed E-state index contributed by atoms with van der Waals surface area (Å²) < 4.78 is 9.78. The molecular weight excluding hydrogens is 198 g/mol. The molecule has 1 N–H and O–H groups in total. The van der Waals surface area contributed by atoms with E-state index < -0.39 is 12.0 Å². The van der Waals surface area contributed by atoms with Gasteiger partial charge in [0.2, 0.25) is 5.91 Å². The number of ether oxygens (including phenoxy) is 2. The lowest BCUT2D eigenvalue weighted by Gasteiger charge is -2.15. The number of amides is 1. The number of nitrogens with one attached hydrogen (secondary N) is 1. The first kappa shape index (κ1) is 13.9. The fourth-order valence-electron chi connectivity index (χ4n) is 1.00. The van der Waals surface area contributed by atoms with Crippen LogP contribution in [0.25, 0.3) is 0 Å². The second-order valence-electron chi connectivity index (χ2n) is 3.20. The van der Waals surface area contributed by atoms with Crippen LogP contribution in [-0.2, 0) is 19.1 Å². The molecule has 88 valence electrons. The van der Waals surface area contributed by atoms with Gasteiger partial charge in [-0.25, -0.2) is 4.79 Å². The molecular formula is C10H19NO4. The minimum atomic E-state index is -0.704. The van der Waals surface area contributed by atoms with E-state index in [2.05, 4.69) is 17.0 Å². The average molecular weight is 217 g/mol. The second-order valence-corrected chi connectivity index (χ2v) is 3.20. The van der Waals surface area contributed by atoms with Crippen molar-refractivity contribution in [3.8, 4) is 0 Å². The monoisotopic (exact) mass is 217 g/mol. The second kappa shape index (κ2) is 8.23. The molecule has 0 aromatic heterocycles. The molecule has 0 saturated carbocycles. The third kappa shape index (κ3) is 6.90. The molecule has 0 aromatic carbocycles. The maximum Gasteiger partial charge on any atom is 0.330 e. The van der Waals surface area contributed by atoms with E-state index in [4.69, 9.17) is 4.74 Å². The number of unbranched alkanes of at least 4 members (excludes halogenated alkanes) is 1. The summed E-state index contributed by atoms with van der Waals surface area (Å²) in [5.74, 6) is -0.758. The molecule has 5 heteroatoms. The maximum absolute atomic E-state index is 11.2. The van der Waals surface area contributed by atoms with Crippen molar-refractivity contribution in [2.45, 2.75) is 32.7 Å². The molecule has 0 rings (SSSR count). The number of hydrogen-bond donors (Lipinski definition) is 1. The summed E-state index contributed by atoms with van der Waals surface area (Å²) in [6.07, 6.45) is 1.97. The Morgan fingerprint density at radius 2 is 2.07 bits per heavy atom. The first-order chi connectivity index (χ1) is 7.11. The summed E-state index contributed by atoms with van der Waals surface area (Å²) >= 11 is 0. The zero-order valence-electron chi connectivity index (χ0n) is 9.54. The molecule has 1 amide bonds. The summed E-state index contributed by atoms with van der Waals surface area (Å²) in [6.45, 7) is 4.15. The molecule has 0 aliphatic heterocycles. The zero-order valence-corrected chi connectivity index (χ0v) is 9.54. The number of esters is 1. The minimum absolute atomic E-state index is 0.159. The van der Waals surface area contributed by atoms with Crippen molar-refractivity contribution in [1.29, 1.82) is 0 Å². The summed E-state index contributed by atoms with van der Waals surface area (Å²) in [7, 11) is 1.28. The van der Waals surface area contributed by atoms with Gasteiger partial charge in [0.15, 0.2) is 6.04 Å².